The number of nitrogens with zero attached hydrogens (tertiary/aromatic N) is 2. The Morgan fingerprint density at radius 1 is 0.941 bits per heavy atom. The summed E-state index contributed by atoms with van der Waals surface area (Å²) in [5.41, 5.74) is 5.95. The van der Waals surface area contributed by atoms with Crippen LogP contribution in [0.3, 0.4) is 0 Å². The lowest BCUT2D eigenvalue weighted by Gasteiger charge is -2.07. The van der Waals surface area contributed by atoms with E-state index in [2.05, 4.69) is 75.9 Å². The fourth-order valence-corrected chi connectivity index (χ4v) is 4.75. The van der Waals surface area contributed by atoms with Crippen LogP contribution in [0, 0.1) is 0 Å². The van der Waals surface area contributed by atoms with Crippen molar-refractivity contribution in [1.29, 1.82) is 0 Å². The molecule has 4 aromatic carbocycles. The number of hydrogen-bond donors (Lipinski definition) is 1. The van der Waals surface area contributed by atoms with E-state index < -0.39 is 0 Å². The molecule has 5 aromatic rings. The highest BCUT2D eigenvalue weighted by Gasteiger charge is 2.08. The molecule has 1 aromatic heterocycles. The van der Waals surface area contributed by atoms with Gasteiger partial charge in [0.15, 0.2) is 0 Å². The highest BCUT2D eigenvalue weighted by atomic mass is 35.5. The number of benzene rings is 4. The van der Waals surface area contributed by atoms with Gasteiger partial charge in [0.2, 0.25) is 5.91 Å². The van der Waals surface area contributed by atoms with Gasteiger partial charge in [-0.1, -0.05) is 66.2 Å². The largest absolute Gasteiger partial charge is 0.342 e. The minimum Gasteiger partial charge on any atom is -0.342 e. The molecule has 0 spiro atoms. The second kappa shape index (κ2) is 10.2. The van der Waals surface area contributed by atoms with E-state index in [0.717, 1.165) is 27.9 Å². The number of nitrogens with one attached hydrogen (secondary N) is 1. The standard InChI is InChI=1S/C28H22ClN3OS/c29-24-11-13-25(14-12-24)34-19-28(33)31-30-16-23-18-32(27-8-4-3-7-26(23)27)17-20-9-10-21-5-1-2-6-22(21)15-20/h1-16,18H,17,19H2,(H,31,33)/b30-16-. The SMILES string of the molecule is O=C(CSc1ccc(Cl)cc1)N/N=C\c1cn(Cc2ccc3ccccc3c2)c2ccccc12. The third kappa shape index (κ3) is 5.16. The average molecular weight is 484 g/mol. The van der Waals surface area contributed by atoms with Crippen molar-refractivity contribution < 1.29 is 4.79 Å². The van der Waals surface area contributed by atoms with E-state index in [-0.39, 0.29) is 11.7 Å². The van der Waals surface area contributed by atoms with Crippen LogP contribution in [0.15, 0.2) is 107 Å². The molecule has 0 saturated carbocycles. The predicted molar refractivity (Wildman–Crippen MR) is 143 cm³/mol. The Balaban J connectivity index is 1.29. The number of rotatable bonds is 7. The molecule has 1 N–H and O–H groups in total. The Hall–Kier alpha value is -3.54. The molecule has 0 bridgehead atoms. The van der Waals surface area contributed by atoms with Crippen LogP contribution in [0.25, 0.3) is 21.7 Å². The summed E-state index contributed by atoms with van der Waals surface area (Å²) in [5, 5.41) is 8.45. The van der Waals surface area contributed by atoms with Crippen molar-refractivity contribution in [3.63, 3.8) is 0 Å². The molecule has 1 amide bonds. The molecule has 34 heavy (non-hydrogen) atoms. The molecular formula is C28H22ClN3OS. The van der Waals surface area contributed by atoms with Crippen LogP contribution in [0.2, 0.25) is 5.02 Å². The molecule has 4 nitrogen and oxygen atoms in total. The van der Waals surface area contributed by atoms with Crippen LogP contribution < -0.4 is 5.43 Å². The number of hydrogen-bond acceptors (Lipinski definition) is 3. The molecular weight excluding hydrogens is 462 g/mol. The monoisotopic (exact) mass is 483 g/mol. The summed E-state index contributed by atoms with van der Waals surface area (Å²) in [4.78, 5) is 13.2. The molecule has 6 heteroatoms. The van der Waals surface area contributed by atoms with Gasteiger partial charge in [-0.05, 0) is 52.7 Å². The molecule has 0 aliphatic rings. The number of para-hydroxylation sites is 1. The van der Waals surface area contributed by atoms with Crippen LogP contribution in [-0.2, 0) is 11.3 Å². The van der Waals surface area contributed by atoms with E-state index in [1.54, 1.807) is 6.21 Å². The molecule has 0 radical (unpaired) electrons. The molecule has 0 unspecified atom stereocenters. The maximum absolute atomic E-state index is 12.2. The quantitative estimate of drug-likeness (QED) is 0.158. The van der Waals surface area contributed by atoms with Gasteiger partial charge >= 0.3 is 0 Å². The molecule has 0 aliphatic heterocycles. The number of amides is 1. The first-order chi connectivity index (χ1) is 16.7. The Labute approximate surface area is 207 Å². The van der Waals surface area contributed by atoms with Gasteiger partial charge in [-0.25, -0.2) is 5.43 Å². The van der Waals surface area contributed by atoms with Gasteiger partial charge in [0.1, 0.15) is 0 Å². The van der Waals surface area contributed by atoms with Crippen LogP contribution >= 0.6 is 23.4 Å². The Bertz CT molecular complexity index is 1490. The van der Waals surface area contributed by atoms with E-state index >= 15 is 0 Å². The third-order valence-electron chi connectivity index (χ3n) is 5.56. The molecule has 168 valence electrons. The van der Waals surface area contributed by atoms with Crippen LogP contribution in [0.1, 0.15) is 11.1 Å². The second-order valence-corrected chi connectivity index (χ2v) is 9.43. The first kappa shape index (κ1) is 22.3. The average Bonchev–Trinajstić information content (AvgIpc) is 3.21. The maximum atomic E-state index is 12.2. The molecule has 5 rings (SSSR count). The van der Waals surface area contributed by atoms with Gasteiger partial charge in [0.25, 0.3) is 0 Å². The molecule has 0 atom stereocenters. The first-order valence-corrected chi connectivity index (χ1v) is 12.3. The minimum atomic E-state index is -0.156. The zero-order chi connectivity index (χ0) is 23.3. The van der Waals surface area contributed by atoms with Gasteiger partial charge in [-0.2, -0.15) is 5.10 Å². The number of halogens is 1. The van der Waals surface area contributed by atoms with Crippen molar-refractivity contribution in [2.75, 3.05) is 5.75 Å². The molecule has 0 fully saturated rings. The van der Waals surface area contributed by atoms with Crippen molar-refractivity contribution in [2.45, 2.75) is 11.4 Å². The third-order valence-corrected chi connectivity index (χ3v) is 6.83. The summed E-state index contributed by atoms with van der Waals surface area (Å²) >= 11 is 7.35. The lowest BCUT2D eigenvalue weighted by molar-refractivity contribution is -0.118. The molecule has 0 saturated heterocycles. The van der Waals surface area contributed by atoms with Crippen molar-refractivity contribution in [3.05, 3.63) is 113 Å². The van der Waals surface area contributed by atoms with Gasteiger partial charge in [-0.15, -0.1) is 11.8 Å². The van der Waals surface area contributed by atoms with Crippen molar-refractivity contribution >= 4 is 57.2 Å². The van der Waals surface area contributed by atoms with Crippen molar-refractivity contribution in [3.8, 4) is 0 Å². The molecule has 0 aliphatic carbocycles. The Morgan fingerprint density at radius 3 is 2.56 bits per heavy atom. The second-order valence-electron chi connectivity index (χ2n) is 7.95. The van der Waals surface area contributed by atoms with Gasteiger partial charge < -0.3 is 4.57 Å². The summed E-state index contributed by atoms with van der Waals surface area (Å²) in [6, 6.07) is 30.6. The number of thioether (sulfide) groups is 1. The summed E-state index contributed by atoms with van der Waals surface area (Å²) in [7, 11) is 0. The summed E-state index contributed by atoms with van der Waals surface area (Å²) in [6.07, 6.45) is 3.79. The number of aromatic nitrogens is 1. The minimum absolute atomic E-state index is 0.156. The van der Waals surface area contributed by atoms with Crippen LogP contribution in [0.5, 0.6) is 0 Å². The summed E-state index contributed by atoms with van der Waals surface area (Å²) < 4.78 is 2.22. The fraction of sp³-hybridized carbons (Fsp3) is 0.0714. The highest BCUT2D eigenvalue weighted by Crippen LogP contribution is 2.23. The highest BCUT2D eigenvalue weighted by molar-refractivity contribution is 8.00. The summed E-state index contributed by atoms with van der Waals surface area (Å²) in [6.45, 7) is 0.753. The van der Waals surface area contributed by atoms with Gasteiger partial charge in [0, 0.05) is 39.1 Å². The van der Waals surface area contributed by atoms with E-state index in [1.807, 2.05) is 36.4 Å². The van der Waals surface area contributed by atoms with Crippen LogP contribution in [0.4, 0.5) is 0 Å². The maximum Gasteiger partial charge on any atom is 0.250 e. The number of carbonyl (C=O) groups is 1. The Kier molecular flexibility index (Phi) is 6.65. The molecule has 1 heterocycles. The van der Waals surface area contributed by atoms with E-state index in [4.69, 9.17) is 11.6 Å². The van der Waals surface area contributed by atoms with E-state index in [0.29, 0.717) is 5.02 Å². The van der Waals surface area contributed by atoms with Crippen LogP contribution in [-0.4, -0.2) is 22.4 Å². The summed E-state index contributed by atoms with van der Waals surface area (Å²) in [5.74, 6) is 0.124. The first-order valence-electron chi connectivity index (χ1n) is 10.9. The van der Waals surface area contributed by atoms with E-state index in [9.17, 15) is 4.79 Å². The lowest BCUT2D eigenvalue weighted by atomic mass is 10.1. The predicted octanol–water partition coefficient (Wildman–Crippen LogP) is 6.74. The van der Waals surface area contributed by atoms with Crippen molar-refractivity contribution in [2.24, 2.45) is 5.10 Å². The Morgan fingerprint density at radius 2 is 1.71 bits per heavy atom. The lowest BCUT2D eigenvalue weighted by Crippen LogP contribution is -2.19. The number of carbonyl (C=O) groups excluding carboxylic acids is 1. The topological polar surface area (TPSA) is 46.4 Å². The van der Waals surface area contributed by atoms with E-state index in [1.165, 1.54) is 28.1 Å². The van der Waals surface area contributed by atoms with Gasteiger partial charge in [0.05, 0.1) is 12.0 Å². The smallest absolute Gasteiger partial charge is 0.250 e. The fourth-order valence-electron chi connectivity index (χ4n) is 3.93. The zero-order valence-corrected chi connectivity index (χ0v) is 19.9. The number of fused-ring (bicyclic) bond motifs is 2. The zero-order valence-electron chi connectivity index (χ0n) is 18.3. The van der Waals surface area contributed by atoms with Crippen molar-refractivity contribution in [1.82, 2.24) is 9.99 Å². The van der Waals surface area contributed by atoms with Gasteiger partial charge in [-0.3, -0.25) is 4.79 Å². The number of hydrazone groups is 1. The normalized spacial score (nSPS) is 11.4.